The van der Waals surface area contributed by atoms with Crippen LogP contribution in [0.2, 0.25) is 10.2 Å². The number of benzene rings is 1. The Morgan fingerprint density at radius 1 is 1.23 bits per heavy atom. The molecule has 1 aromatic carbocycles. The van der Waals surface area contributed by atoms with E-state index in [-0.39, 0.29) is 21.0 Å². The van der Waals surface area contributed by atoms with Crippen LogP contribution in [-0.2, 0) is 0 Å². The van der Waals surface area contributed by atoms with E-state index < -0.39 is 5.82 Å². The van der Waals surface area contributed by atoms with Crippen LogP contribution in [0.5, 0.6) is 0 Å². The maximum absolute atomic E-state index is 14.3. The van der Waals surface area contributed by atoms with Crippen molar-refractivity contribution in [1.82, 2.24) is 19.6 Å². The second kappa shape index (κ2) is 6.02. The minimum absolute atomic E-state index is 0.149. The molecule has 0 fully saturated rings. The maximum atomic E-state index is 14.3. The molecule has 0 saturated carbocycles. The van der Waals surface area contributed by atoms with Crippen LogP contribution in [-0.4, -0.2) is 24.8 Å². The molecule has 0 amide bonds. The van der Waals surface area contributed by atoms with Gasteiger partial charge in [0.25, 0.3) is 5.78 Å². The van der Waals surface area contributed by atoms with Crippen LogP contribution < -0.4 is 0 Å². The summed E-state index contributed by atoms with van der Waals surface area (Å²) in [4.78, 5) is 8.22. The molecular weight excluding hydrogens is 346 g/mol. The highest BCUT2D eigenvalue weighted by Crippen LogP contribution is 2.41. The number of rotatable bonds is 3. The number of nitrogens with zero attached hydrogens (tertiary/aromatic N) is 4. The summed E-state index contributed by atoms with van der Waals surface area (Å²) in [5.74, 6) is -0.0920. The third-order valence-corrected chi connectivity index (χ3v) is 4.56. The fourth-order valence-corrected chi connectivity index (χ4v) is 3.64. The molecular formula is C14H11Cl2FN4S. The first-order valence-corrected chi connectivity index (χ1v) is 8.13. The second-order valence-corrected chi connectivity index (χ2v) is 7.15. The molecule has 0 unspecified atom stereocenters. The fraction of sp³-hybridized carbons (Fsp3) is 0.214. The zero-order valence-corrected chi connectivity index (χ0v) is 14.0. The Morgan fingerprint density at radius 2 is 2.00 bits per heavy atom. The zero-order chi connectivity index (χ0) is 15.9. The van der Waals surface area contributed by atoms with Gasteiger partial charge in [0.05, 0.1) is 10.6 Å². The average Bonchev–Trinajstić information content (AvgIpc) is 2.88. The van der Waals surface area contributed by atoms with Crippen LogP contribution in [0.3, 0.4) is 0 Å². The number of hydrogen-bond acceptors (Lipinski definition) is 4. The van der Waals surface area contributed by atoms with E-state index in [2.05, 4.69) is 15.1 Å². The van der Waals surface area contributed by atoms with Crippen molar-refractivity contribution in [2.45, 2.75) is 24.1 Å². The Labute approximate surface area is 140 Å². The van der Waals surface area contributed by atoms with Crippen LogP contribution in [0.15, 0.2) is 29.6 Å². The molecule has 0 radical (unpaired) electrons. The average molecular weight is 357 g/mol. The molecule has 114 valence electrons. The Bertz CT molecular complexity index is 830. The van der Waals surface area contributed by atoms with Gasteiger partial charge >= 0.3 is 0 Å². The molecule has 0 aliphatic carbocycles. The maximum Gasteiger partial charge on any atom is 0.254 e. The Hall–Kier alpha value is -1.37. The van der Waals surface area contributed by atoms with Crippen molar-refractivity contribution < 1.29 is 4.39 Å². The van der Waals surface area contributed by atoms with Gasteiger partial charge in [-0.3, -0.25) is 0 Å². The van der Waals surface area contributed by atoms with Gasteiger partial charge in [0.2, 0.25) is 0 Å². The predicted molar refractivity (Wildman–Crippen MR) is 87.2 cm³/mol. The van der Waals surface area contributed by atoms with Crippen LogP contribution in [0.4, 0.5) is 4.39 Å². The Morgan fingerprint density at radius 3 is 2.68 bits per heavy atom. The van der Waals surface area contributed by atoms with Gasteiger partial charge in [-0.2, -0.15) is 19.6 Å². The first-order valence-electron chi connectivity index (χ1n) is 6.49. The molecule has 2 aromatic heterocycles. The van der Waals surface area contributed by atoms with E-state index in [9.17, 15) is 4.39 Å². The number of hydrogen-bond donors (Lipinski definition) is 0. The lowest BCUT2D eigenvalue weighted by atomic mass is 10.1. The van der Waals surface area contributed by atoms with Crippen LogP contribution in [0.1, 0.15) is 13.8 Å². The number of thioether (sulfide) groups is 1. The van der Waals surface area contributed by atoms with Gasteiger partial charge in [-0.25, -0.2) is 4.39 Å². The van der Waals surface area contributed by atoms with Gasteiger partial charge in [0.15, 0.2) is 0 Å². The molecule has 0 atom stereocenters. The van der Waals surface area contributed by atoms with E-state index >= 15 is 0 Å². The third kappa shape index (κ3) is 2.66. The van der Waals surface area contributed by atoms with E-state index in [1.54, 1.807) is 16.6 Å². The van der Waals surface area contributed by atoms with Crippen molar-refractivity contribution in [1.29, 1.82) is 0 Å². The summed E-state index contributed by atoms with van der Waals surface area (Å²) in [7, 11) is 0. The van der Waals surface area contributed by atoms with Crippen molar-refractivity contribution in [3.63, 3.8) is 0 Å². The summed E-state index contributed by atoms with van der Waals surface area (Å²) >= 11 is 14.0. The molecule has 8 heteroatoms. The summed E-state index contributed by atoms with van der Waals surface area (Å²) < 4.78 is 15.9. The summed E-state index contributed by atoms with van der Waals surface area (Å²) in [5, 5.41) is 5.47. The van der Waals surface area contributed by atoms with Gasteiger partial charge in [0, 0.05) is 10.8 Å². The largest absolute Gasteiger partial charge is 0.254 e. The third-order valence-electron chi connectivity index (χ3n) is 2.90. The summed E-state index contributed by atoms with van der Waals surface area (Å²) in [6.45, 7) is 4.04. The Balaban J connectivity index is 2.39. The van der Waals surface area contributed by atoms with Gasteiger partial charge < -0.3 is 0 Å². The molecule has 3 rings (SSSR count). The van der Waals surface area contributed by atoms with Gasteiger partial charge in [0.1, 0.15) is 22.3 Å². The first kappa shape index (κ1) is 15.5. The first-order chi connectivity index (χ1) is 10.5. The number of fused-ring (bicyclic) bond motifs is 1. The highest BCUT2D eigenvalue weighted by Gasteiger charge is 2.23. The molecule has 4 nitrogen and oxygen atoms in total. The lowest BCUT2D eigenvalue weighted by Gasteiger charge is -2.15. The van der Waals surface area contributed by atoms with E-state index in [4.69, 9.17) is 23.2 Å². The zero-order valence-electron chi connectivity index (χ0n) is 11.7. The predicted octanol–water partition coefficient (Wildman–Crippen LogP) is 4.74. The topological polar surface area (TPSA) is 43.1 Å². The summed E-state index contributed by atoms with van der Waals surface area (Å²) in [6, 6.07) is 4.50. The molecule has 22 heavy (non-hydrogen) atoms. The standard InChI is InChI=1S/C14H11Cl2FN4S/c1-7(2)22-13-11(10-8(15)4-3-5-9(10)17)12(16)20-14-18-6-19-21(13)14/h3-7H,1-2H3. The minimum Gasteiger partial charge on any atom is -0.206 e. The molecule has 0 spiro atoms. The minimum atomic E-state index is -0.457. The number of halogens is 3. The lowest BCUT2D eigenvalue weighted by Crippen LogP contribution is -2.03. The summed E-state index contributed by atoms with van der Waals surface area (Å²) in [5.41, 5.74) is 0.656. The summed E-state index contributed by atoms with van der Waals surface area (Å²) in [6.07, 6.45) is 1.38. The monoisotopic (exact) mass is 356 g/mol. The van der Waals surface area contributed by atoms with Crippen molar-refractivity contribution in [3.8, 4) is 11.1 Å². The smallest absolute Gasteiger partial charge is 0.206 e. The normalized spacial score (nSPS) is 11.5. The van der Waals surface area contributed by atoms with Crippen molar-refractivity contribution in [2.75, 3.05) is 0 Å². The van der Waals surface area contributed by atoms with E-state index in [1.807, 2.05) is 13.8 Å². The van der Waals surface area contributed by atoms with Crippen LogP contribution in [0.25, 0.3) is 16.9 Å². The molecule has 0 saturated heterocycles. The molecule has 2 heterocycles. The van der Waals surface area contributed by atoms with Gasteiger partial charge in [-0.05, 0) is 12.1 Å². The highest BCUT2D eigenvalue weighted by atomic mass is 35.5. The Kier molecular flexibility index (Phi) is 4.25. The van der Waals surface area contributed by atoms with Gasteiger partial charge in [-0.15, -0.1) is 11.8 Å². The quantitative estimate of drug-likeness (QED) is 0.502. The van der Waals surface area contributed by atoms with Crippen LogP contribution in [0, 0.1) is 5.82 Å². The molecule has 0 bridgehead atoms. The molecule has 0 aliphatic heterocycles. The van der Waals surface area contributed by atoms with E-state index in [0.29, 0.717) is 16.4 Å². The lowest BCUT2D eigenvalue weighted by molar-refractivity contribution is 0.630. The molecule has 0 N–H and O–H groups in total. The second-order valence-electron chi connectivity index (χ2n) is 4.82. The number of aromatic nitrogens is 4. The fourth-order valence-electron chi connectivity index (χ4n) is 2.07. The van der Waals surface area contributed by atoms with E-state index in [0.717, 1.165) is 0 Å². The molecule has 0 aliphatic rings. The SMILES string of the molecule is CC(C)Sc1c(-c2c(F)cccc2Cl)c(Cl)nc2ncnn12. The highest BCUT2D eigenvalue weighted by molar-refractivity contribution is 8.00. The van der Waals surface area contributed by atoms with E-state index in [1.165, 1.54) is 24.2 Å². The van der Waals surface area contributed by atoms with Crippen LogP contribution >= 0.6 is 35.0 Å². The van der Waals surface area contributed by atoms with Crippen molar-refractivity contribution in [3.05, 3.63) is 40.5 Å². The molecule has 3 aromatic rings. The van der Waals surface area contributed by atoms with Crippen molar-refractivity contribution in [2.24, 2.45) is 0 Å². The van der Waals surface area contributed by atoms with Gasteiger partial charge in [-0.1, -0.05) is 43.1 Å². The van der Waals surface area contributed by atoms with Crippen molar-refractivity contribution >= 4 is 40.7 Å².